The molecule has 2 aromatic rings. The van der Waals surface area contributed by atoms with Crippen LogP contribution in [0.25, 0.3) is 11.1 Å². The highest BCUT2D eigenvalue weighted by atomic mass is 79.9. The van der Waals surface area contributed by atoms with Gasteiger partial charge in [-0.25, -0.2) is 14.6 Å². The summed E-state index contributed by atoms with van der Waals surface area (Å²) in [5.41, 5.74) is 1.39. The second-order valence-corrected chi connectivity index (χ2v) is 7.51. The fourth-order valence-corrected chi connectivity index (χ4v) is 3.74. The van der Waals surface area contributed by atoms with E-state index in [-0.39, 0.29) is 18.4 Å². The van der Waals surface area contributed by atoms with Gasteiger partial charge < -0.3 is 13.9 Å². The van der Waals surface area contributed by atoms with E-state index in [1.165, 1.54) is 7.11 Å². The third kappa shape index (κ3) is 4.48. The van der Waals surface area contributed by atoms with Crippen LogP contribution in [-0.4, -0.2) is 36.8 Å². The quantitative estimate of drug-likeness (QED) is 0.608. The van der Waals surface area contributed by atoms with Crippen LogP contribution in [0.4, 0.5) is 13.2 Å². The van der Waals surface area contributed by atoms with Gasteiger partial charge in [-0.2, -0.15) is 13.2 Å². The molecule has 1 aromatic carbocycles. The van der Waals surface area contributed by atoms with E-state index in [1.807, 2.05) is 0 Å². The Hall–Kier alpha value is -2.10. The SMILES string of the molecule is COC(=O)c1cc2nc(C3CCC(COC(=O)C(F)(F)F)CC3)oc2cc1Br. The molecule has 1 fully saturated rings. The van der Waals surface area contributed by atoms with Gasteiger partial charge in [0, 0.05) is 10.4 Å². The highest BCUT2D eigenvalue weighted by Gasteiger charge is 2.41. The fraction of sp³-hybridized carbons (Fsp3) is 0.500. The molecular formula is C18H17BrF3NO5. The summed E-state index contributed by atoms with van der Waals surface area (Å²) in [6.07, 6.45) is -2.44. The number of carbonyl (C=O) groups is 2. The van der Waals surface area contributed by atoms with Crippen LogP contribution in [-0.2, 0) is 14.3 Å². The van der Waals surface area contributed by atoms with Crippen molar-refractivity contribution in [1.29, 1.82) is 0 Å². The summed E-state index contributed by atoms with van der Waals surface area (Å²) in [7, 11) is 1.29. The maximum atomic E-state index is 12.2. The van der Waals surface area contributed by atoms with Crippen LogP contribution in [0.3, 0.4) is 0 Å². The molecule has 28 heavy (non-hydrogen) atoms. The molecule has 1 saturated carbocycles. The van der Waals surface area contributed by atoms with Crippen LogP contribution in [0, 0.1) is 5.92 Å². The molecule has 0 spiro atoms. The maximum Gasteiger partial charge on any atom is 0.490 e. The van der Waals surface area contributed by atoms with E-state index in [0.29, 0.717) is 52.7 Å². The number of hydrogen-bond acceptors (Lipinski definition) is 6. The molecule has 3 rings (SSSR count). The molecule has 1 heterocycles. The highest BCUT2D eigenvalue weighted by Crippen LogP contribution is 2.37. The standard InChI is InChI=1S/C18H17BrF3NO5/c1-26-16(24)11-6-13-14(7-12(11)19)28-15(23-13)10-4-2-9(3-5-10)8-27-17(25)18(20,21)22/h6-7,9-10H,2-5,8H2,1H3. The summed E-state index contributed by atoms with van der Waals surface area (Å²) in [4.78, 5) is 27.0. The van der Waals surface area contributed by atoms with Gasteiger partial charge in [0.2, 0.25) is 0 Å². The number of fused-ring (bicyclic) bond motifs is 1. The Morgan fingerprint density at radius 1 is 1.25 bits per heavy atom. The Kier molecular flexibility index (Phi) is 5.97. The molecular weight excluding hydrogens is 447 g/mol. The zero-order valence-electron chi connectivity index (χ0n) is 14.8. The fourth-order valence-electron chi connectivity index (χ4n) is 3.26. The van der Waals surface area contributed by atoms with Crippen LogP contribution in [0.15, 0.2) is 21.0 Å². The molecule has 0 unspecified atom stereocenters. The minimum absolute atomic E-state index is 0.0160. The Morgan fingerprint density at radius 2 is 1.93 bits per heavy atom. The Labute approximate surface area is 166 Å². The number of ether oxygens (including phenoxy) is 2. The number of carbonyl (C=O) groups excluding carboxylic acids is 2. The molecule has 152 valence electrons. The number of rotatable bonds is 4. The van der Waals surface area contributed by atoms with Gasteiger partial charge in [-0.05, 0) is 59.7 Å². The highest BCUT2D eigenvalue weighted by molar-refractivity contribution is 9.10. The van der Waals surface area contributed by atoms with Crippen LogP contribution in [0.1, 0.15) is 47.8 Å². The first-order valence-electron chi connectivity index (χ1n) is 8.61. The van der Waals surface area contributed by atoms with Gasteiger partial charge in [0.15, 0.2) is 11.5 Å². The predicted molar refractivity (Wildman–Crippen MR) is 94.8 cm³/mol. The Bertz CT molecular complexity index is 887. The number of aromatic nitrogens is 1. The molecule has 0 N–H and O–H groups in total. The summed E-state index contributed by atoms with van der Waals surface area (Å²) in [6, 6.07) is 3.24. The van der Waals surface area contributed by atoms with Gasteiger partial charge in [0.05, 0.1) is 19.3 Å². The van der Waals surface area contributed by atoms with Crippen molar-refractivity contribution < 1.29 is 36.7 Å². The van der Waals surface area contributed by atoms with Crippen LogP contribution in [0.2, 0.25) is 0 Å². The van der Waals surface area contributed by atoms with Crippen molar-refractivity contribution in [2.45, 2.75) is 37.8 Å². The lowest BCUT2D eigenvalue weighted by molar-refractivity contribution is -0.201. The minimum Gasteiger partial charge on any atom is -0.465 e. The van der Waals surface area contributed by atoms with E-state index in [4.69, 9.17) is 9.15 Å². The molecule has 1 aliphatic rings. The van der Waals surface area contributed by atoms with Crippen molar-refractivity contribution in [2.24, 2.45) is 5.92 Å². The van der Waals surface area contributed by atoms with Crippen LogP contribution >= 0.6 is 15.9 Å². The van der Waals surface area contributed by atoms with Gasteiger partial charge in [0.1, 0.15) is 5.52 Å². The third-order valence-electron chi connectivity index (χ3n) is 4.78. The normalized spacial score (nSPS) is 20.2. The summed E-state index contributed by atoms with van der Waals surface area (Å²) in [6.45, 7) is -0.242. The van der Waals surface area contributed by atoms with Gasteiger partial charge in [-0.3, -0.25) is 0 Å². The van der Waals surface area contributed by atoms with Crippen molar-refractivity contribution in [2.75, 3.05) is 13.7 Å². The van der Waals surface area contributed by atoms with E-state index < -0.39 is 18.1 Å². The zero-order valence-corrected chi connectivity index (χ0v) is 16.4. The van der Waals surface area contributed by atoms with Gasteiger partial charge >= 0.3 is 18.1 Å². The number of esters is 2. The van der Waals surface area contributed by atoms with Crippen molar-refractivity contribution >= 4 is 39.0 Å². The second-order valence-electron chi connectivity index (χ2n) is 6.66. The van der Waals surface area contributed by atoms with Gasteiger partial charge in [0.25, 0.3) is 0 Å². The molecule has 6 nitrogen and oxygen atoms in total. The smallest absolute Gasteiger partial charge is 0.465 e. The molecule has 0 bridgehead atoms. The second kappa shape index (κ2) is 8.10. The van der Waals surface area contributed by atoms with Gasteiger partial charge in [-0.1, -0.05) is 0 Å². The summed E-state index contributed by atoms with van der Waals surface area (Å²) in [5.74, 6) is -2.23. The third-order valence-corrected chi connectivity index (χ3v) is 5.43. The Morgan fingerprint density at radius 3 is 2.54 bits per heavy atom. The average Bonchev–Trinajstić information content (AvgIpc) is 3.07. The number of alkyl halides is 3. The summed E-state index contributed by atoms with van der Waals surface area (Å²) < 4.78 is 52.0. The zero-order chi connectivity index (χ0) is 20.5. The number of methoxy groups -OCH3 is 1. The van der Waals surface area contributed by atoms with Crippen molar-refractivity contribution in [3.63, 3.8) is 0 Å². The molecule has 0 amide bonds. The molecule has 10 heteroatoms. The summed E-state index contributed by atoms with van der Waals surface area (Å²) >= 11 is 3.30. The molecule has 0 radical (unpaired) electrons. The first-order chi connectivity index (χ1) is 13.2. The molecule has 0 aliphatic heterocycles. The topological polar surface area (TPSA) is 78.6 Å². The van der Waals surface area contributed by atoms with Crippen LogP contribution in [0.5, 0.6) is 0 Å². The van der Waals surface area contributed by atoms with Crippen molar-refractivity contribution in [3.8, 4) is 0 Å². The first kappa shape index (κ1) is 20.6. The maximum absolute atomic E-state index is 12.2. The minimum atomic E-state index is -4.97. The molecule has 0 atom stereocenters. The molecule has 1 aliphatic carbocycles. The van der Waals surface area contributed by atoms with E-state index >= 15 is 0 Å². The van der Waals surface area contributed by atoms with E-state index in [9.17, 15) is 22.8 Å². The predicted octanol–water partition coefficient (Wildman–Crippen LogP) is 4.76. The summed E-state index contributed by atoms with van der Waals surface area (Å²) in [5, 5.41) is 0. The van der Waals surface area contributed by atoms with Crippen LogP contribution < -0.4 is 0 Å². The molecule has 1 aromatic heterocycles. The van der Waals surface area contributed by atoms with E-state index in [1.54, 1.807) is 12.1 Å². The lowest BCUT2D eigenvalue weighted by Crippen LogP contribution is -2.28. The number of halogens is 4. The van der Waals surface area contributed by atoms with E-state index in [0.717, 1.165) is 0 Å². The van der Waals surface area contributed by atoms with Gasteiger partial charge in [-0.15, -0.1) is 0 Å². The monoisotopic (exact) mass is 463 g/mol. The number of nitrogens with zero attached hydrogens (tertiary/aromatic N) is 1. The van der Waals surface area contributed by atoms with E-state index in [2.05, 4.69) is 25.7 Å². The molecule has 0 saturated heterocycles. The number of benzene rings is 1. The number of hydrogen-bond donors (Lipinski definition) is 0. The van der Waals surface area contributed by atoms with Crippen molar-refractivity contribution in [1.82, 2.24) is 4.98 Å². The largest absolute Gasteiger partial charge is 0.490 e. The first-order valence-corrected chi connectivity index (χ1v) is 9.40. The van der Waals surface area contributed by atoms with Crippen molar-refractivity contribution in [3.05, 3.63) is 28.1 Å². The average molecular weight is 464 g/mol. The lowest BCUT2D eigenvalue weighted by atomic mass is 9.82. The Balaban J connectivity index is 1.63. The number of oxazole rings is 1. The lowest BCUT2D eigenvalue weighted by Gasteiger charge is -2.26.